The van der Waals surface area contributed by atoms with Crippen molar-refractivity contribution in [2.75, 3.05) is 57.7 Å². The average molecular weight is 670 g/mol. The van der Waals surface area contributed by atoms with E-state index in [1.165, 1.54) is 48.1 Å². The molecule has 2 N–H and O–H groups in total. The van der Waals surface area contributed by atoms with E-state index in [4.69, 9.17) is 21.6 Å². The Hall–Kier alpha value is -5.07. The number of benzene rings is 2. The molecule has 1 aromatic heterocycles. The van der Waals surface area contributed by atoms with Gasteiger partial charge in [-0.15, -0.1) is 0 Å². The Labute approximate surface area is 272 Å². The molecule has 13 nitrogen and oxygen atoms in total. The Kier molecular flexibility index (Phi) is 10.0. The van der Waals surface area contributed by atoms with Crippen molar-refractivity contribution in [2.45, 2.75) is 6.42 Å². The lowest BCUT2D eigenvalue weighted by molar-refractivity contribution is -0.141. The Morgan fingerprint density at radius 1 is 1.09 bits per heavy atom. The van der Waals surface area contributed by atoms with Gasteiger partial charge in [0.15, 0.2) is 24.0 Å². The van der Waals surface area contributed by atoms with Gasteiger partial charge in [0.05, 0.1) is 34.9 Å². The zero-order valence-corrected chi connectivity index (χ0v) is 26.0. The molecular weight excluding hydrogens is 640 g/mol. The van der Waals surface area contributed by atoms with E-state index < -0.39 is 41.8 Å². The molecule has 2 aliphatic rings. The molecule has 246 valence electrons. The summed E-state index contributed by atoms with van der Waals surface area (Å²) >= 11 is 6.44. The summed E-state index contributed by atoms with van der Waals surface area (Å²) in [6.07, 6.45) is 1.73. The molecule has 2 fully saturated rings. The Morgan fingerprint density at radius 2 is 1.81 bits per heavy atom. The normalized spacial score (nSPS) is 16.5. The van der Waals surface area contributed by atoms with Crippen molar-refractivity contribution in [1.29, 1.82) is 5.26 Å². The molecular formula is C31H30ClF2N7O6. The van der Waals surface area contributed by atoms with Crippen molar-refractivity contribution in [3.8, 4) is 23.1 Å². The first-order valence-electron chi connectivity index (χ1n) is 14.6. The number of carbonyl (C=O) groups excluding carboxylic acids is 3. The van der Waals surface area contributed by atoms with Crippen molar-refractivity contribution >= 4 is 41.0 Å². The highest BCUT2D eigenvalue weighted by Crippen LogP contribution is 2.30. The molecule has 5 rings (SSSR count). The lowest BCUT2D eigenvalue weighted by atomic mass is 10.1. The SMILES string of the molecule is Cn1c(-c2ccc(OCC#N)c(F)c2F)cnc1C(=O)Nc1ccc(C(=O)N2CCN(C(=O)CN3CC[C@@H](C(=O)O)C3)CC2)c(Cl)c1. The molecule has 0 aliphatic carbocycles. The van der Waals surface area contributed by atoms with E-state index >= 15 is 0 Å². The Balaban J connectivity index is 1.18. The van der Waals surface area contributed by atoms with E-state index in [1.807, 2.05) is 4.90 Å². The number of ether oxygens (including phenoxy) is 1. The maximum Gasteiger partial charge on any atom is 0.307 e. The maximum absolute atomic E-state index is 14.8. The summed E-state index contributed by atoms with van der Waals surface area (Å²) in [6.45, 7) is 1.81. The minimum absolute atomic E-state index is 0.0881. The van der Waals surface area contributed by atoms with Gasteiger partial charge in [0.2, 0.25) is 11.7 Å². The average Bonchev–Trinajstić information content (AvgIpc) is 3.68. The number of likely N-dealkylation sites (tertiary alicyclic amines) is 1. The lowest BCUT2D eigenvalue weighted by Gasteiger charge is -2.35. The molecule has 1 atom stereocenters. The van der Waals surface area contributed by atoms with Crippen LogP contribution in [0.5, 0.6) is 5.75 Å². The number of aromatic nitrogens is 2. The van der Waals surface area contributed by atoms with E-state index in [-0.39, 0.29) is 51.7 Å². The molecule has 2 aliphatic heterocycles. The number of hydrogen-bond donors (Lipinski definition) is 2. The molecule has 16 heteroatoms. The molecule has 3 heterocycles. The highest BCUT2D eigenvalue weighted by atomic mass is 35.5. The summed E-state index contributed by atoms with van der Waals surface area (Å²) in [5.41, 5.74) is 0.416. The number of carboxylic acid groups (broad SMARTS) is 1. The molecule has 0 unspecified atom stereocenters. The number of imidazole rings is 1. The number of halogens is 3. The molecule has 0 saturated carbocycles. The highest BCUT2D eigenvalue weighted by Gasteiger charge is 2.32. The molecule has 2 saturated heterocycles. The monoisotopic (exact) mass is 669 g/mol. The van der Waals surface area contributed by atoms with E-state index in [0.29, 0.717) is 45.7 Å². The van der Waals surface area contributed by atoms with Crippen molar-refractivity contribution in [3.63, 3.8) is 0 Å². The number of aliphatic carboxylic acids is 1. The van der Waals surface area contributed by atoms with Crippen LogP contribution >= 0.6 is 11.6 Å². The van der Waals surface area contributed by atoms with E-state index in [0.717, 1.165) is 0 Å². The number of carbonyl (C=O) groups is 4. The molecule has 0 spiro atoms. The highest BCUT2D eigenvalue weighted by molar-refractivity contribution is 6.34. The largest absolute Gasteiger partial charge is 0.481 e. The zero-order chi connectivity index (χ0) is 33.8. The first kappa shape index (κ1) is 33.3. The minimum Gasteiger partial charge on any atom is -0.481 e. The molecule has 0 radical (unpaired) electrons. The number of amides is 3. The van der Waals surface area contributed by atoms with Crippen LogP contribution < -0.4 is 10.1 Å². The second-order valence-electron chi connectivity index (χ2n) is 11.1. The third-order valence-electron chi connectivity index (χ3n) is 8.16. The van der Waals surface area contributed by atoms with Gasteiger partial charge in [0, 0.05) is 51.0 Å². The Bertz CT molecular complexity index is 1770. The summed E-state index contributed by atoms with van der Waals surface area (Å²) in [5, 5.41) is 20.5. The molecule has 0 bridgehead atoms. The van der Waals surface area contributed by atoms with E-state index in [2.05, 4.69) is 10.3 Å². The quantitative estimate of drug-likeness (QED) is 0.349. The van der Waals surface area contributed by atoms with Gasteiger partial charge in [0.25, 0.3) is 11.8 Å². The fraction of sp³-hybridized carbons (Fsp3) is 0.355. The van der Waals surface area contributed by atoms with Crippen LogP contribution in [0.1, 0.15) is 27.4 Å². The van der Waals surface area contributed by atoms with Gasteiger partial charge in [-0.05, 0) is 43.3 Å². The van der Waals surface area contributed by atoms with Crippen LogP contribution in [0.25, 0.3) is 11.3 Å². The van der Waals surface area contributed by atoms with Crippen LogP contribution in [0.2, 0.25) is 5.02 Å². The minimum atomic E-state index is -1.28. The lowest BCUT2D eigenvalue weighted by Crippen LogP contribution is -2.52. The van der Waals surface area contributed by atoms with Crippen LogP contribution in [0.3, 0.4) is 0 Å². The topological polar surface area (TPSA) is 161 Å². The predicted octanol–water partition coefficient (Wildman–Crippen LogP) is 2.86. The van der Waals surface area contributed by atoms with Crippen LogP contribution in [0.15, 0.2) is 36.5 Å². The molecule has 47 heavy (non-hydrogen) atoms. The molecule has 3 aromatic rings. The van der Waals surface area contributed by atoms with Crippen molar-refractivity contribution in [2.24, 2.45) is 13.0 Å². The van der Waals surface area contributed by atoms with Gasteiger partial charge in [-0.1, -0.05) is 11.6 Å². The molecule has 3 amide bonds. The Morgan fingerprint density at radius 3 is 2.47 bits per heavy atom. The first-order chi connectivity index (χ1) is 22.5. The summed E-state index contributed by atoms with van der Waals surface area (Å²) < 4.78 is 35.4. The fourth-order valence-corrected chi connectivity index (χ4v) is 5.83. The van der Waals surface area contributed by atoms with E-state index in [1.54, 1.807) is 15.9 Å². The van der Waals surface area contributed by atoms with Crippen LogP contribution in [0, 0.1) is 28.9 Å². The number of nitrogens with one attached hydrogen (secondary N) is 1. The van der Waals surface area contributed by atoms with E-state index in [9.17, 15) is 33.1 Å². The second-order valence-corrected chi connectivity index (χ2v) is 11.5. The summed E-state index contributed by atoms with van der Waals surface area (Å²) in [4.78, 5) is 59.3. The number of piperazine rings is 1. The van der Waals surface area contributed by atoms with Crippen LogP contribution in [-0.2, 0) is 16.6 Å². The van der Waals surface area contributed by atoms with Crippen molar-refractivity contribution in [1.82, 2.24) is 24.3 Å². The number of anilines is 1. The smallest absolute Gasteiger partial charge is 0.307 e. The standard InChI is InChI=1S/C31H30ClF2N7O6/c1-38-23(21-4-5-24(47-13-7-35)27(34)26(21)33)15-36-28(38)29(43)37-19-2-3-20(22(32)14-19)30(44)41-11-9-40(10-12-41)25(42)17-39-8-6-18(16-39)31(45)46/h2-5,14-15,18H,6,8-13,16-17H2,1H3,(H,37,43)(H,45,46)/t18-/m1/s1. The second kappa shape index (κ2) is 14.1. The van der Waals surface area contributed by atoms with Crippen LogP contribution in [0.4, 0.5) is 14.5 Å². The fourth-order valence-electron chi connectivity index (χ4n) is 5.57. The van der Waals surface area contributed by atoms with Crippen LogP contribution in [-0.4, -0.2) is 105 Å². The summed E-state index contributed by atoms with van der Waals surface area (Å²) in [6, 6.07) is 8.49. The van der Waals surface area contributed by atoms with Crippen molar-refractivity contribution in [3.05, 3.63) is 64.6 Å². The van der Waals surface area contributed by atoms with Gasteiger partial charge in [-0.3, -0.25) is 24.1 Å². The number of rotatable bonds is 9. The number of nitrogens with zero attached hydrogens (tertiary/aromatic N) is 6. The van der Waals surface area contributed by atoms with Gasteiger partial charge in [-0.25, -0.2) is 9.37 Å². The van der Waals surface area contributed by atoms with Gasteiger partial charge in [0.1, 0.15) is 6.07 Å². The third kappa shape index (κ3) is 7.18. The van der Waals surface area contributed by atoms with Gasteiger partial charge >= 0.3 is 5.97 Å². The number of hydrogen-bond acceptors (Lipinski definition) is 8. The molecule has 2 aromatic carbocycles. The first-order valence-corrected chi connectivity index (χ1v) is 15.0. The van der Waals surface area contributed by atoms with Gasteiger partial charge in [-0.2, -0.15) is 9.65 Å². The number of nitriles is 1. The number of carboxylic acids is 1. The van der Waals surface area contributed by atoms with Crippen molar-refractivity contribution < 1.29 is 37.8 Å². The summed E-state index contributed by atoms with van der Waals surface area (Å²) in [7, 11) is 1.46. The summed E-state index contributed by atoms with van der Waals surface area (Å²) in [5.74, 6) is -5.48. The zero-order valence-electron chi connectivity index (χ0n) is 25.2. The van der Waals surface area contributed by atoms with Gasteiger partial charge < -0.3 is 29.5 Å². The predicted molar refractivity (Wildman–Crippen MR) is 164 cm³/mol. The maximum atomic E-state index is 14.8. The third-order valence-corrected chi connectivity index (χ3v) is 8.48.